The van der Waals surface area contributed by atoms with Crippen LogP contribution in [0.15, 0.2) is 54.6 Å². The van der Waals surface area contributed by atoms with E-state index in [1.807, 2.05) is 18.2 Å². The first kappa shape index (κ1) is 16.4. The predicted octanol–water partition coefficient (Wildman–Crippen LogP) is 3.66. The number of anilines is 1. The van der Waals surface area contributed by atoms with E-state index in [0.717, 1.165) is 25.1 Å². The summed E-state index contributed by atoms with van der Waals surface area (Å²) < 4.78 is 0. The third-order valence-corrected chi connectivity index (χ3v) is 4.47. The van der Waals surface area contributed by atoms with Crippen LogP contribution in [-0.4, -0.2) is 29.7 Å². The van der Waals surface area contributed by atoms with Crippen LogP contribution in [-0.2, 0) is 4.79 Å². The van der Waals surface area contributed by atoms with E-state index in [0.29, 0.717) is 18.2 Å². The van der Waals surface area contributed by atoms with E-state index in [1.165, 1.54) is 12.5 Å². The Morgan fingerprint density at radius 3 is 2.46 bits per heavy atom. The van der Waals surface area contributed by atoms with Crippen LogP contribution in [0, 0.1) is 0 Å². The largest absolute Gasteiger partial charge is 0.325 e. The second-order valence-electron chi connectivity index (χ2n) is 6.22. The number of Topliss-reactive ketones (excluding diaryl/α,β-unsaturated/α-hetero) is 1. The summed E-state index contributed by atoms with van der Waals surface area (Å²) in [7, 11) is 0. The van der Waals surface area contributed by atoms with Crippen LogP contribution in [0.5, 0.6) is 0 Å². The molecule has 0 bridgehead atoms. The third kappa shape index (κ3) is 3.89. The van der Waals surface area contributed by atoms with Gasteiger partial charge in [0.2, 0.25) is 5.91 Å². The van der Waals surface area contributed by atoms with Crippen molar-refractivity contribution in [3.05, 3.63) is 65.7 Å². The molecule has 1 amide bonds. The van der Waals surface area contributed by atoms with Crippen molar-refractivity contribution < 1.29 is 9.59 Å². The topological polar surface area (TPSA) is 49.4 Å². The molecule has 24 heavy (non-hydrogen) atoms. The Balaban J connectivity index is 1.61. The highest BCUT2D eigenvalue weighted by Gasteiger charge is 2.27. The second-order valence-corrected chi connectivity index (χ2v) is 6.22. The number of amides is 1. The molecule has 3 rings (SSSR count). The number of hydrogen-bond acceptors (Lipinski definition) is 3. The summed E-state index contributed by atoms with van der Waals surface area (Å²) in [5.74, 6) is 0.00375. The van der Waals surface area contributed by atoms with E-state index in [4.69, 9.17) is 0 Å². The van der Waals surface area contributed by atoms with Gasteiger partial charge in [-0.3, -0.25) is 14.5 Å². The predicted molar refractivity (Wildman–Crippen MR) is 95.1 cm³/mol. The van der Waals surface area contributed by atoms with Crippen LogP contribution in [0.3, 0.4) is 0 Å². The Kier molecular flexibility index (Phi) is 5.06. The molecule has 0 spiro atoms. The number of carbonyl (C=O) groups is 2. The molecule has 124 valence electrons. The lowest BCUT2D eigenvalue weighted by Gasteiger charge is -2.24. The van der Waals surface area contributed by atoms with Gasteiger partial charge in [0.25, 0.3) is 0 Å². The number of nitrogens with zero attached hydrogens (tertiary/aromatic N) is 1. The van der Waals surface area contributed by atoms with Crippen molar-refractivity contribution in [3.63, 3.8) is 0 Å². The number of carbonyl (C=O) groups excluding carboxylic acids is 2. The lowest BCUT2D eigenvalue weighted by Crippen LogP contribution is -2.32. The highest BCUT2D eigenvalue weighted by atomic mass is 16.2. The van der Waals surface area contributed by atoms with Crippen LogP contribution in [0.1, 0.15) is 41.7 Å². The van der Waals surface area contributed by atoms with Crippen molar-refractivity contribution in [1.82, 2.24) is 4.90 Å². The minimum atomic E-state index is -0.0200. The molecular formula is C20H22N2O2. The third-order valence-electron chi connectivity index (χ3n) is 4.47. The number of hydrogen-bond donors (Lipinski definition) is 1. The Morgan fingerprint density at radius 1 is 1.08 bits per heavy atom. The molecule has 4 heteroatoms. The summed E-state index contributed by atoms with van der Waals surface area (Å²) in [6.45, 7) is 2.86. The molecule has 2 aromatic carbocycles. The maximum Gasteiger partial charge on any atom is 0.238 e. The zero-order valence-corrected chi connectivity index (χ0v) is 13.9. The Morgan fingerprint density at radius 2 is 1.79 bits per heavy atom. The first-order chi connectivity index (χ1) is 11.6. The number of benzene rings is 2. The Bertz CT molecular complexity index is 710. The molecular weight excluding hydrogens is 300 g/mol. The highest BCUT2D eigenvalue weighted by molar-refractivity contribution is 5.96. The van der Waals surface area contributed by atoms with Crippen molar-refractivity contribution in [1.29, 1.82) is 0 Å². The first-order valence-electron chi connectivity index (χ1n) is 8.33. The highest BCUT2D eigenvalue weighted by Crippen LogP contribution is 2.31. The summed E-state index contributed by atoms with van der Waals surface area (Å²) in [5.41, 5.74) is 2.64. The fourth-order valence-electron chi connectivity index (χ4n) is 3.24. The van der Waals surface area contributed by atoms with Crippen LogP contribution >= 0.6 is 0 Å². The van der Waals surface area contributed by atoms with Gasteiger partial charge in [-0.15, -0.1) is 0 Å². The Labute approximate surface area is 142 Å². The average Bonchev–Trinajstić information content (AvgIpc) is 3.04. The summed E-state index contributed by atoms with van der Waals surface area (Å²) in [4.78, 5) is 25.9. The van der Waals surface area contributed by atoms with E-state index < -0.39 is 0 Å². The number of likely N-dealkylation sites (tertiary alicyclic amines) is 1. The van der Waals surface area contributed by atoms with Crippen LogP contribution < -0.4 is 5.32 Å². The monoisotopic (exact) mass is 322 g/mol. The van der Waals surface area contributed by atoms with Crippen LogP contribution in [0.25, 0.3) is 0 Å². The lowest BCUT2D eigenvalue weighted by molar-refractivity contribution is -0.117. The van der Waals surface area contributed by atoms with Gasteiger partial charge in [-0.1, -0.05) is 30.3 Å². The van der Waals surface area contributed by atoms with E-state index in [-0.39, 0.29) is 11.7 Å². The van der Waals surface area contributed by atoms with E-state index in [2.05, 4.69) is 22.3 Å². The van der Waals surface area contributed by atoms with Crippen molar-refractivity contribution in [2.45, 2.75) is 25.8 Å². The van der Waals surface area contributed by atoms with Gasteiger partial charge < -0.3 is 5.32 Å². The van der Waals surface area contributed by atoms with Crippen molar-refractivity contribution >= 4 is 17.4 Å². The zero-order chi connectivity index (χ0) is 16.9. The van der Waals surface area contributed by atoms with Crippen LogP contribution in [0.4, 0.5) is 5.69 Å². The molecule has 1 fully saturated rings. The van der Waals surface area contributed by atoms with Gasteiger partial charge in [0.15, 0.2) is 5.78 Å². The summed E-state index contributed by atoms with van der Waals surface area (Å²) in [6.07, 6.45) is 2.20. The van der Waals surface area contributed by atoms with Gasteiger partial charge in [0.1, 0.15) is 0 Å². The van der Waals surface area contributed by atoms with E-state index in [9.17, 15) is 9.59 Å². The van der Waals surface area contributed by atoms with Gasteiger partial charge in [-0.25, -0.2) is 0 Å². The molecule has 0 aromatic heterocycles. The van der Waals surface area contributed by atoms with E-state index in [1.54, 1.807) is 24.3 Å². The fourth-order valence-corrected chi connectivity index (χ4v) is 3.24. The molecule has 0 aliphatic carbocycles. The van der Waals surface area contributed by atoms with Crippen molar-refractivity contribution in [2.75, 3.05) is 18.4 Å². The van der Waals surface area contributed by atoms with Crippen molar-refractivity contribution in [2.24, 2.45) is 0 Å². The van der Waals surface area contributed by atoms with Gasteiger partial charge >= 0.3 is 0 Å². The molecule has 1 unspecified atom stereocenters. The molecule has 1 saturated heterocycles. The SMILES string of the molecule is CC(=O)c1ccc(NC(=O)CN2CCCC2c2ccccc2)cc1. The minimum Gasteiger partial charge on any atom is -0.325 e. The summed E-state index contributed by atoms with van der Waals surface area (Å²) >= 11 is 0. The summed E-state index contributed by atoms with van der Waals surface area (Å²) in [5, 5.41) is 2.92. The van der Waals surface area contributed by atoms with Crippen LogP contribution in [0.2, 0.25) is 0 Å². The zero-order valence-electron chi connectivity index (χ0n) is 13.9. The maximum atomic E-state index is 12.3. The fraction of sp³-hybridized carbons (Fsp3) is 0.300. The number of ketones is 1. The lowest BCUT2D eigenvalue weighted by atomic mass is 10.0. The molecule has 0 saturated carbocycles. The smallest absolute Gasteiger partial charge is 0.238 e. The minimum absolute atomic E-state index is 0.0200. The molecule has 1 atom stereocenters. The molecule has 0 radical (unpaired) electrons. The van der Waals surface area contributed by atoms with Gasteiger partial charge in [-0.05, 0) is 56.1 Å². The standard InChI is InChI=1S/C20H22N2O2/c1-15(23)16-9-11-18(12-10-16)21-20(24)14-22-13-5-8-19(22)17-6-3-2-4-7-17/h2-4,6-7,9-12,19H,5,8,13-14H2,1H3,(H,21,24). The van der Waals surface area contributed by atoms with Crippen molar-refractivity contribution in [3.8, 4) is 0 Å². The molecule has 1 N–H and O–H groups in total. The normalized spacial score (nSPS) is 17.6. The molecule has 1 heterocycles. The molecule has 1 aliphatic heterocycles. The first-order valence-corrected chi connectivity index (χ1v) is 8.33. The van der Waals surface area contributed by atoms with Gasteiger partial charge in [0.05, 0.1) is 6.54 Å². The molecule has 1 aliphatic rings. The Hall–Kier alpha value is -2.46. The molecule has 2 aromatic rings. The quantitative estimate of drug-likeness (QED) is 0.855. The van der Waals surface area contributed by atoms with Gasteiger partial charge in [0, 0.05) is 17.3 Å². The van der Waals surface area contributed by atoms with E-state index >= 15 is 0 Å². The van der Waals surface area contributed by atoms with Gasteiger partial charge in [-0.2, -0.15) is 0 Å². The average molecular weight is 322 g/mol. The number of nitrogens with one attached hydrogen (secondary N) is 1. The number of rotatable bonds is 5. The summed E-state index contributed by atoms with van der Waals surface area (Å²) in [6, 6.07) is 17.7. The second kappa shape index (κ2) is 7.41. The maximum absolute atomic E-state index is 12.3. The molecule has 4 nitrogen and oxygen atoms in total.